The molecule has 1 aliphatic rings. The maximum absolute atomic E-state index is 8.08. The fourth-order valence-corrected chi connectivity index (χ4v) is 0.453. The molecule has 2 atom stereocenters. The number of epoxide rings is 1. The van der Waals surface area contributed by atoms with E-state index in [0.29, 0.717) is 6.61 Å². The molecule has 0 saturated carbocycles. The Kier molecular flexibility index (Phi) is 1.18. The second-order valence-corrected chi connectivity index (χ2v) is 1.87. The van der Waals surface area contributed by atoms with Crippen molar-refractivity contribution in [3.05, 3.63) is 0 Å². The van der Waals surface area contributed by atoms with Crippen molar-refractivity contribution >= 4 is 11.6 Å². The lowest BCUT2D eigenvalue weighted by Gasteiger charge is -1.84. The minimum absolute atomic E-state index is 0.0201. The van der Waals surface area contributed by atoms with Gasteiger partial charge in [-0.1, -0.05) is 0 Å². The van der Waals surface area contributed by atoms with Crippen LogP contribution in [0.3, 0.4) is 0 Å². The molecule has 7 heavy (non-hydrogen) atoms. The Bertz CT molecular complexity index is 105. The normalized spacial score (nSPS) is 31.1. The van der Waals surface area contributed by atoms with E-state index in [9.17, 15) is 0 Å². The molecule has 3 heteroatoms. The van der Waals surface area contributed by atoms with Crippen molar-refractivity contribution in [2.45, 2.75) is 11.5 Å². The van der Waals surface area contributed by atoms with E-state index in [1.165, 1.54) is 0 Å². The Morgan fingerprint density at radius 1 is 2.00 bits per heavy atom. The van der Waals surface area contributed by atoms with Gasteiger partial charge in [0.2, 0.25) is 0 Å². The van der Waals surface area contributed by atoms with Gasteiger partial charge < -0.3 is 4.74 Å². The van der Waals surface area contributed by atoms with Crippen molar-refractivity contribution in [3.8, 4) is 6.07 Å². The van der Waals surface area contributed by atoms with Crippen molar-refractivity contribution in [2.24, 2.45) is 0 Å². The minimum Gasteiger partial charge on any atom is -0.370 e. The van der Waals surface area contributed by atoms with Gasteiger partial charge >= 0.3 is 0 Å². The first-order valence-corrected chi connectivity index (χ1v) is 2.43. The van der Waals surface area contributed by atoms with E-state index in [2.05, 4.69) is 0 Å². The summed E-state index contributed by atoms with van der Waals surface area (Å²) in [4.78, 5) is 0. The molecule has 0 aromatic rings. The molecule has 0 bridgehead atoms. The Hall–Kier alpha value is -0.260. The fourth-order valence-electron chi connectivity index (χ4n) is 0.308. The standard InChI is InChI=1S/C4H4ClNO/c5-3(1-6)4-2-7-4/h3-4H,2H2/t3-,4+/m0/s1. The van der Waals surface area contributed by atoms with Crippen LogP contribution in [0.1, 0.15) is 0 Å². The first-order chi connectivity index (χ1) is 3.34. The van der Waals surface area contributed by atoms with Gasteiger partial charge in [0.25, 0.3) is 0 Å². The van der Waals surface area contributed by atoms with E-state index >= 15 is 0 Å². The molecule has 1 aliphatic heterocycles. The highest BCUT2D eigenvalue weighted by Crippen LogP contribution is 2.17. The molecule has 0 N–H and O–H groups in total. The molecule has 1 rings (SSSR count). The van der Waals surface area contributed by atoms with Crippen LogP contribution in [0.4, 0.5) is 0 Å². The highest BCUT2D eigenvalue weighted by Gasteiger charge is 2.30. The number of hydrogen-bond donors (Lipinski definition) is 0. The zero-order valence-corrected chi connectivity index (χ0v) is 4.35. The van der Waals surface area contributed by atoms with Gasteiger partial charge in [-0.15, -0.1) is 11.6 Å². The van der Waals surface area contributed by atoms with Crippen molar-refractivity contribution < 1.29 is 4.74 Å². The molecular weight excluding hydrogens is 114 g/mol. The third kappa shape index (κ3) is 1.05. The van der Waals surface area contributed by atoms with Gasteiger partial charge in [-0.3, -0.25) is 0 Å². The van der Waals surface area contributed by atoms with Crippen molar-refractivity contribution in [1.82, 2.24) is 0 Å². The predicted octanol–water partition coefficient (Wildman–Crippen LogP) is 0.516. The van der Waals surface area contributed by atoms with Crippen molar-refractivity contribution in [1.29, 1.82) is 5.26 Å². The Labute approximate surface area is 46.6 Å². The highest BCUT2D eigenvalue weighted by molar-refractivity contribution is 6.22. The molecule has 2 nitrogen and oxygen atoms in total. The minimum atomic E-state index is -0.431. The maximum atomic E-state index is 8.08. The van der Waals surface area contributed by atoms with Crippen LogP contribution < -0.4 is 0 Å². The summed E-state index contributed by atoms with van der Waals surface area (Å²) >= 11 is 5.38. The average molecular weight is 118 g/mol. The lowest BCUT2D eigenvalue weighted by Crippen LogP contribution is -2.01. The highest BCUT2D eigenvalue weighted by atomic mass is 35.5. The lowest BCUT2D eigenvalue weighted by atomic mass is 10.4. The summed E-state index contributed by atoms with van der Waals surface area (Å²) < 4.78 is 4.71. The molecule has 0 spiro atoms. The average Bonchev–Trinajstić information content (AvgIpc) is 2.44. The third-order valence-corrected chi connectivity index (χ3v) is 1.19. The van der Waals surface area contributed by atoms with E-state index in [1.54, 1.807) is 0 Å². The monoisotopic (exact) mass is 117 g/mol. The quantitative estimate of drug-likeness (QED) is 0.371. The summed E-state index contributed by atoms with van der Waals surface area (Å²) in [6, 6.07) is 1.87. The van der Waals surface area contributed by atoms with E-state index < -0.39 is 5.38 Å². The van der Waals surface area contributed by atoms with Gasteiger partial charge in [-0.25, -0.2) is 0 Å². The molecule has 0 radical (unpaired) electrons. The largest absolute Gasteiger partial charge is 0.370 e. The Morgan fingerprint density at radius 2 is 2.57 bits per heavy atom. The molecule has 0 aliphatic carbocycles. The summed E-state index contributed by atoms with van der Waals surface area (Å²) in [7, 11) is 0. The third-order valence-electron chi connectivity index (χ3n) is 0.809. The zero-order valence-electron chi connectivity index (χ0n) is 3.60. The first-order valence-electron chi connectivity index (χ1n) is 2.00. The number of nitriles is 1. The molecule has 0 amide bonds. The molecule has 38 valence electrons. The van der Waals surface area contributed by atoms with Gasteiger partial charge in [0, 0.05) is 0 Å². The summed E-state index contributed by atoms with van der Waals surface area (Å²) in [6.07, 6.45) is 0.0201. The van der Waals surface area contributed by atoms with Crippen LogP contribution in [0.2, 0.25) is 0 Å². The summed E-state index contributed by atoms with van der Waals surface area (Å²) in [6.45, 7) is 0.654. The summed E-state index contributed by atoms with van der Waals surface area (Å²) in [5, 5.41) is 7.65. The van der Waals surface area contributed by atoms with E-state index in [1.807, 2.05) is 6.07 Å². The molecule has 1 fully saturated rings. The molecule has 1 saturated heterocycles. The number of rotatable bonds is 1. The van der Waals surface area contributed by atoms with Crippen LogP contribution in [-0.4, -0.2) is 18.1 Å². The van der Waals surface area contributed by atoms with Crippen LogP contribution in [0.5, 0.6) is 0 Å². The Balaban J connectivity index is 2.27. The van der Waals surface area contributed by atoms with Crippen LogP contribution >= 0.6 is 11.6 Å². The zero-order chi connectivity index (χ0) is 5.28. The molecule has 0 aromatic carbocycles. The lowest BCUT2D eigenvalue weighted by molar-refractivity contribution is 0.414. The number of hydrogen-bond acceptors (Lipinski definition) is 2. The molecule has 1 heterocycles. The molecule has 0 unspecified atom stereocenters. The summed E-state index contributed by atoms with van der Waals surface area (Å²) in [5.41, 5.74) is 0. The van der Waals surface area contributed by atoms with Crippen LogP contribution in [-0.2, 0) is 4.74 Å². The second kappa shape index (κ2) is 1.69. The maximum Gasteiger partial charge on any atom is 0.148 e. The predicted molar refractivity (Wildman–Crippen MR) is 25.0 cm³/mol. The van der Waals surface area contributed by atoms with E-state index in [-0.39, 0.29) is 6.10 Å². The molecule has 0 aromatic heterocycles. The molecular formula is C4H4ClNO. The van der Waals surface area contributed by atoms with Crippen molar-refractivity contribution in [3.63, 3.8) is 0 Å². The number of alkyl halides is 1. The van der Waals surface area contributed by atoms with Gasteiger partial charge in [0.1, 0.15) is 11.5 Å². The SMILES string of the molecule is N#C[C@H](Cl)[C@H]1CO1. The van der Waals surface area contributed by atoms with E-state index in [0.717, 1.165) is 0 Å². The fraction of sp³-hybridized carbons (Fsp3) is 0.750. The number of halogens is 1. The Morgan fingerprint density at radius 3 is 2.71 bits per heavy atom. The van der Waals surface area contributed by atoms with E-state index in [4.69, 9.17) is 21.6 Å². The number of nitrogens with zero attached hydrogens (tertiary/aromatic N) is 1. The van der Waals surface area contributed by atoms with Gasteiger partial charge in [0.15, 0.2) is 0 Å². The summed E-state index contributed by atoms with van der Waals surface area (Å²) in [5.74, 6) is 0. The number of ether oxygens (including phenoxy) is 1. The smallest absolute Gasteiger partial charge is 0.148 e. The first kappa shape index (κ1) is 4.89. The topological polar surface area (TPSA) is 36.3 Å². The van der Waals surface area contributed by atoms with Gasteiger partial charge in [-0.2, -0.15) is 5.26 Å². The van der Waals surface area contributed by atoms with Crippen LogP contribution in [0.25, 0.3) is 0 Å². The van der Waals surface area contributed by atoms with Gasteiger partial charge in [-0.05, 0) is 0 Å². The van der Waals surface area contributed by atoms with Crippen LogP contribution in [0.15, 0.2) is 0 Å². The van der Waals surface area contributed by atoms with Crippen LogP contribution in [0, 0.1) is 11.3 Å². The van der Waals surface area contributed by atoms with Gasteiger partial charge in [0.05, 0.1) is 12.7 Å². The van der Waals surface area contributed by atoms with Crippen molar-refractivity contribution in [2.75, 3.05) is 6.61 Å². The second-order valence-electron chi connectivity index (χ2n) is 1.40.